The van der Waals surface area contributed by atoms with Crippen molar-refractivity contribution in [3.8, 4) is 0 Å². The van der Waals surface area contributed by atoms with E-state index in [1.165, 1.54) is 10.6 Å². The fraction of sp³-hybridized carbons (Fsp3) is 0. The number of fused-ring (bicyclic) bond motifs is 1. The van der Waals surface area contributed by atoms with Crippen LogP contribution in [0.3, 0.4) is 0 Å². The second-order valence-electron chi connectivity index (χ2n) is 2.62. The maximum Gasteiger partial charge on any atom is 0.358 e. The molecule has 0 spiro atoms. The molecule has 0 radical (unpaired) electrons. The van der Waals surface area contributed by atoms with E-state index >= 15 is 0 Å². The highest BCUT2D eigenvalue weighted by atomic mass is 16.6. The van der Waals surface area contributed by atoms with Crippen molar-refractivity contribution in [2.45, 2.75) is 0 Å². The fourth-order valence-electron chi connectivity index (χ4n) is 1.26. The van der Waals surface area contributed by atoms with Gasteiger partial charge in [-0.2, -0.15) is 9.38 Å². The van der Waals surface area contributed by atoms with Gasteiger partial charge in [0, 0.05) is 6.07 Å². The topological polar surface area (TPSA) is 77.5 Å². The number of carbonyl (C=O) groups is 1. The normalized spacial score (nSPS) is 10.3. The molecule has 0 atom stereocenters. The Kier molecular flexibility index (Phi) is 1.74. The molecule has 0 N–H and O–H groups in total. The predicted octanol–water partition coefficient (Wildman–Crippen LogP) is 1.05. The van der Waals surface area contributed by atoms with E-state index < -0.39 is 4.92 Å². The molecule has 14 heavy (non-hydrogen) atoms. The molecule has 0 amide bonds. The Balaban J connectivity index is 2.87. The van der Waals surface area contributed by atoms with Gasteiger partial charge in [0.2, 0.25) is 11.3 Å². The lowest BCUT2D eigenvalue weighted by Gasteiger charge is -1.92. The van der Waals surface area contributed by atoms with Crippen molar-refractivity contribution >= 4 is 17.8 Å². The van der Waals surface area contributed by atoms with Crippen LogP contribution in [0.25, 0.3) is 5.65 Å². The second kappa shape index (κ2) is 2.91. The Morgan fingerprint density at radius 2 is 2.29 bits per heavy atom. The maximum atomic E-state index is 10.6. The third-order valence-corrected chi connectivity index (χ3v) is 1.82. The van der Waals surface area contributed by atoms with Crippen LogP contribution in [0.2, 0.25) is 0 Å². The first-order valence-corrected chi connectivity index (χ1v) is 3.80. The Bertz CT molecular complexity index is 518. The Hall–Kier alpha value is -2.24. The van der Waals surface area contributed by atoms with Crippen LogP contribution in [0.5, 0.6) is 0 Å². The molecule has 2 aromatic rings. The van der Waals surface area contributed by atoms with Crippen LogP contribution >= 0.6 is 0 Å². The monoisotopic (exact) mass is 191 g/mol. The van der Waals surface area contributed by atoms with Crippen molar-refractivity contribution in [1.82, 2.24) is 9.38 Å². The Morgan fingerprint density at radius 1 is 1.50 bits per heavy atom. The van der Waals surface area contributed by atoms with Gasteiger partial charge in [-0.05, 0) is 11.0 Å². The highest BCUT2D eigenvalue weighted by Crippen LogP contribution is 2.18. The molecule has 70 valence electrons. The number of aromatic nitrogens is 2. The second-order valence-corrected chi connectivity index (χ2v) is 2.62. The lowest BCUT2D eigenvalue weighted by Crippen LogP contribution is -1.96. The van der Waals surface area contributed by atoms with Gasteiger partial charge in [0.05, 0.1) is 6.20 Å². The molecule has 0 aliphatic carbocycles. The van der Waals surface area contributed by atoms with E-state index in [1.807, 2.05) is 0 Å². The summed E-state index contributed by atoms with van der Waals surface area (Å²) in [6.45, 7) is 0. The average molecular weight is 191 g/mol. The third kappa shape index (κ3) is 1.05. The lowest BCUT2D eigenvalue weighted by molar-refractivity contribution is -0.390. The van der Waals surface area contributed by atoms with Gasteiger partial charge in [-0.25, -0.2) is 0 Å². The van der Waals surface area contributed by atoms with Crippen LogP contribution in [-0.4, -0.2) is 20.6 Å². The number of pyridine rings is 1. The number of aldehydes is 1. The quantitative estimate of drug-likeness (QED) is 0.404. The highest BCUT2D eigenvalue weighted by Gasteiger charge is 2.20. The molecule has 0 aromatic carbocycles. The molecule has 0 saturated carbocycles. The molecule has 0 bridgehead atoms. The van der Waals surface area contributed by atoms with Crippen molar-refractivity contribution in [2.24, 2.45) is 0 Å². The van der Waals surface area contributed by atoms with E-state index in [0.717, 1.165) is 0 Å². The Labute approximate surface area is 77.9 Å². The zero-order chi connectivity index (χ0) is 10.1. The molecule has 6 heteroatoms. The summed E-state index contributed by atoms with van der Waals surface area (Å²) in [4.78, 5) is 24.3. The van der Waals surface area contributed by atoms with Gasteiger partial charge in [0.15, 0.2) is 6.29 Å². The first kappa shape index (κ1) is 8.36. The largest absolute Gasteiger partial charge is 0.358 e. The number of carbonyl (C=O) groups excluding carboxylic acids is 1. The van der Waals surface area contributed by atoms with E-state index in [2.05, 4.69) is 4.98 Å². The first-order valence-electron chi connectivity index (χ1n) is 3.80. The summed E-state index contributed by atoms with van der Waals surface area (Å²) in [6.07, 6.45) is 1.87. The summed E-state index contributed by atoms with van der Waals surface area (Å²) in [5.41, 5.74) is 0.238. The molecule has 2 rings (SSSR count). The first-order chi connectivity index (χ1) is 6.74. The van der Waals surface area contributed by atoms with E-state index in [-0.39, 0.29) is 11.5 Å². The van der Waals surface area contributed by atoms with Crippen molar-refractivity contribution in [1.29, 1.82) is 0 Å². The summed E-state index contributed by atoms with van der Waals surface area (Å²) in [6, 6.07) is 4.93. The molecular formula is C8H5N3O3. The summed E-state index contributed by atoms with van der Waals surface area (Å²) >= 11 is 0. The molecule has 0 unspecified atom stereocenters. The SMILES string of the molecule is O=Cc1nc2ccccn2c1[N+](=O)[O-]. The number of imidazole rings is 1. The lowest BCUT2D eigenvalue weighted by atomic mass is 10.5. The fourth-order valence-corrected chi connectivity index (χ4v) is 1.26. The van der Waals surface area contributed by atoms with Gasteiger partial charge < -0.3 is 10.1 Å². The van der Waals surface area contributed by atoms with Gasteiger partial charge in [-0.15, -0.1) is 0 Å². The predicted molar refractivity (Wildman–Crippen MR) is 47.2 cm³/mol. The molecule has 6 nitrogen and oxygen atoms in total. The molecule has 0 aliphatic rings. The van der Waals surface area contributed by atoms with Crippen LogP contribution in [0, 0.1) is 10.1 Å². The van der Waals surface area contributed by atoms with E-state index in [4.69, 9.17) is 0 Å². The zero-order valence-electron chi connectivity index (χ0n) is 6.95. The summed E-state index contributed by atoms with van der Waals surface area (Å²) in [5, 5.41) is 10.6. The summed E-state index contributed by atoms with van der Waals surface area (Å²) in [5.74, 6) is -0.296. The van der Waals surface area contributed by atoms with Crippen LogP contribution in [0.15, 0.2) is 24.4 Å². The van der Waals surface area contributed by atoms with Gasteiger partial charge in [-0.3, -0.25) is 4.79 Å². The zero-order valence-corrected chi connectivity index (χ0v) is 6.95. The van der Waals surface area contributed by atoms with Gasteiger partial charge in [0.1, 0.15) is 0 Å². The smallest absolute Gasteiger partial charge is 0.358 e. The molecular weight excluding hydrogens is 186 g/mol. The van der Waals surface area contributed by atoms with Crippen LogP contribution in [0.4, 0.5) is 5.82 Å². The number of nitro groups is 1. The van der Waals surface area contributed by atoms with Crippen molar-refractivity contribution in [2.75, 3.05) is 0 Å². The van der Waals surface area contributed by atoms with Crippen molar-refractivity contribution in [3.05, 3.63) is 40.2 Å². The summed E-state index contributed by atoms with van der Waals surface area (Å²) < 4.78 is 1.27. The standard InChI is InChI=1S/C8H5N3O3/c12-5-6-8(11(13)14)10-4-2-1-3-7(10)9-6/h1-5H. The van der Waals surface area contributed by atoms with Crippen molar-refractivity contribution < 1.29 is 9.72 Å². The van der Waals surface area contributed by atoms with Crippen LogP contribution < -0.4 is 0 Å². The number of nitrogens with zero attached hydrogens (tertiary/aromatic N) is 3. The van der Waals surface area contributed by atoms with Crippen molar-refractivity contribution in [3.63, 3.8) is 0 Å². The maximum absolute atomic E-state index is 10.6. The molecule has 0 aliphatic heterocycles. The molecule has 0 saturated heterocycles. The molecule has 2 heterocycles. The number of rotatable bonds is 2. The number of hydrogen-bond acceptors (Lipinski definition) is 4. The van der Waals surface area contributed by atoms with Crippen LogP contribution in [0.1, 0.15) is 10.5 Å². The van der Waals surface area contributed by atoms with E-state index in [1.54, 1.807) is 18.2 Å². The summed E-state index contributed by atoms with van der Waals surface area (Å²) in [7, 11) is 0. The minimum atomic E-state index is -0.621. The highest BCUT2D eigenvalue weighted by molar-refractivity contribution is 5.79. The van der Waals surface area contributed by atoms with E-state index in [0.29, 0.717) is 11.9 Å². The molecule has 2 aromatic heterocycles. The van der Waals surface area contributed by atoms with Gasteiger partial charge >= 0.3 is 5.82 Å². The minimum Gasteiger partial charge on any atom is -0.358 e. The van der Waals surface area contributed by atoms with Gasteiger partial charge in [-0.1, -0.05) is 6.07 Å². The minimum absolute atomic E-state index is 0.152. The Morgan fingerprint density at radius 3 is 2.93 bits per heavy atom. The molecule has 0 fully saturated rings. The van der Waals surface area contributed by atoms with Crippen LogP contribution in [-0.2, 0) is 0 Å². The number of hydrogen-bond donors (Lipinski definition) is 0. The van der Waals surface area contributed by atoms with E-state index in [9.17, 15) is 14.9 Å². The van der Waals surface area contributed by atoms with Gasteiger partial charge in [0.25, 0.3) is 0 Å². The average Bonchev–Trinajstić information content (AvgIpc) is 2.55. The third-order valence-electron chi connectivity index (χ3n) is 1.82.